The van der Waals surface area contributed by atoms with Gasteiger partial charge in [0.05, 0.1) is 4.90 Å². The number of sulfone groups is 1. The van der Waals surface area contributed by atoms with Gasteiger partial charge in [0.25, 0.3) is 0 Å². The second-order valence-electron chi connectivity index (χ2n) is 4.27. The molecular weight excluding hydrogens is 306 g/mol. The van der Waals surface area contributed by atoms with Gasteiger partial charge in [-0.15, -0.1) is 11.6 Å². The molecule has 1 aromatic rings. The average Bonchev–Trinajstić information content (AvgIpc) is 2.35. The maximum absolute atomic E-state index is 11.6. The Morgan fingerprint density at radius 1 is 1.50 bits per heavy atom. The van der Waals surface area contributed by atoms with Crippen LogP contribution in [-0.4, -0.2) is 38.3 Å². The molecule has 1 aromatic carbocycles. The van der Waals surface area contributed by atoms with Crippen LogP contribution < -0.4 is 4.74 Å². The quantitative estimate of drug-likeness (QED) is 0.467. The van der Waals surface area contributed by atoms with E-state index in [9.17, 15) is 13.2 Å². The number of halogens is 1. The number of carbonyl (C=O) groups excluding carboxylic acids is 1. The number of hydrogen-bond donors (Lipinski definition) is 0. The monoisotopic (exact) mass is 317 g/mol. The van der Waals surface area contributed by atoms with Gasteiger partial charge in [0.2, 0.25) is 0 Å². The molecule has 0 spiro atoms. The first-order valence-electron chi connectivity index (χ1n) is 5.66. The second-order valence-corrected chi connectivity index (χ2v) is 6.81. The molecule has 1 atom stereocenters. The maximum atomic E-state index is 11.6. The summed E-state index contributed by atoms with van der Waals surface area (Å²) in [4.78, 5) is 15.5. The van der Waals surface area contributed by atoms with Crippen molar-refractivity contribution in [3.63, 3.8) is 0 Å². The predicted octanol–water partition coefficient (Wildman–Crippen LogP) is 1.36. The Balaban J connectivity index is 2.53. The number of carbonyl (C=O) groups is 1. The lowest BCUT2D eigenvalue weighted by Crippen LogP contribution is -2.29. The number of hydrogen-bond acceptors (Lipinski definition) is 6. The maximum Gasteiger partial charge on any atom is 0.331 e. The summed E-state index contributed by atoms with van der Waals surface area (Å²) in [6, 6.07) is 4.37. The van der Waals surface area contributed by atoms with Crippen LogP contribution in [0.25, 0.3) is 0 Å². The summed E-state index contributed by atoms with van der Waals surface area (Å²) in [5.41, 5.74) is 0.675. The van der Waals surface area contributed by atoms with Gasteiger partial charge < -0.3 is 9.57 Å². The molecule has 0 N–H and O–H groups in total. The topological polar surface area (TPSA) is 82.0 Å². The van der Waals surface area contributed by atoms with Crippen molar-refractivity contribution in [3.05, 3.63) is 23.8 Å². The molecule has 0 fully saturated rings. The van der Waals surface area contributed by atoms with Gasteiger partial charge in [-0.3, -0.25) is 0 Å². The molecule has 8 heteroatoms. The third kappa shape index (κ3) is 3.10. The first kappa shape index (κ1) is 14.8. The normalized spacial score (nSPS) is 20.1. The fourth-order valence-electron chi connectivity index (χ4n) is 1.70. The highest BCUT2D eigenvalue weighted by Crippen LogP contribution is 2.29. The molecule has 108 valence electrons. The number of fused-ring (bicyclic) bond motifs is 1. The molecular formula is C12H12ClNO5S. The van der Waals surface area contributed by atoms with Gasteiger partial charge >= 0.3 is 5.97 Å². The predicted molar refractivity (Wildman–Crippen MR) is 73.0 cm³/mol. The zero-order valence-corrected chi connectivity index (χ0v) is 12.4. The number of alkyl halides is 1. The molecule has 0 amide bonds. The first-order valence-corrected chi connectivity index (χ1v) is 7.98. The van der Waals surface area contributed by atoms with E-state index < -0.39 is 21.2 Å². The summed E-state index contributed by atoms with van der Waals surface area (Å²) < 4.78 is 28.5. The fraction of sp³-hybridized carbons (Fsp3) is 0.333. The van der Waals surface area contributed by atoms with Crippen LogP contribution in [-0.2, 0) is 19.5 Å². The van der Waals surface area contributed by atoms with E-state index >= 15 is 0 Å². The Morgan fingerprint density at radius 2 is 2.20 bits per heavy atom. The second kappa shape index (κ2) is 5.41. The Labute approximate surface area is 121 Å². The van der Waals surface area contributed by atoms with Crippen LogP contribution in [0.4, 0.5) is 0 Å². The van der Waals surface area contributed by atoms with E-state index in [0.29, 0.717) is 11.3 Å². The largest absolute Gasteiger partial charge is 0.491 e. The van der Waals surface area contributed by atoms with Gasteiger partial charge in [-0.05, 0) is 18.2 Å². The SMILES string of the molecule is CC(=O)O/N=C1/c2cc(S(C)(=O)=O)ccc2OCC1Cl. The molecule has 0 bridgehead atoms. The smallest absolute Gasteiger partial charge is 0.331 e. The minimum absolute atomic E-state index is 0.112. The zero-order chi connectivity index (χ0) is 14.9. The number of oxime groups is 1. The minimum atomic E-state index is -3.37. The van der Waals surface area contributed by atoms with Crippen LogP contribution in [0.1, 0.15) is 12.5 Å². The van der Waals surface area contributed by atoms with Crippen LogP contribution in [0.3, 0.4) is 0 Å². The summed E-state index contributed by atoms with van der Waals surface area (Å²) in [7, 11) is -3.37. The number of ether oxygens (including phenoxy) is 1. The van der Waals surface area contributed by atoms with Gasteiger partial charge in [0.15, 0.2) is 9.84 Å². The Hall–Kier alpha value is -1.60. The van der Waals surface area contributed by atoms with Crippen LogP contribution in [0.15, 0.2) is 28.3 Å². The van der Waals surface area contributed by atoms with E-state index in [2.05, 4.69) is 9.99 Å². The molecule has 0 aromatic heterocycles. The molecule has 1 unspecified atom stereocenters. The Kier molecular flexibility index (Phi) is 4.01. The van der Waals surface area contributed by atoms with E-state index in [0.717, 1.165) is 6.26 Å². The molecule has 1 heterocycles. The number of nitrogens with zero attached hydrogens (tertiary/aromatic N) is 1. The molecule has 6 nitrogen and oxygen atoms in total. The molecule has 0 aliphatic carbocycles. The lowest BCUT2D eigenvalue weighted by Gasteiger charge is -2.22. The lowest BCUT2D eigenvalue weighted by atomic mass is 10.0. The van der Waals surface area contributed by atoms with Crippen molar-refractivity contribution in [3.8, 4) is 5.75 Å². The zero-order valence-electron chi connectivity index (χ0n) is 10.8. The minimum Gasteiger partial charge on any atom is -0.491 e. The van der Waals surface area contributed by atoms with Gasteiger partial charge in [0.1, 0.15) is 23.4 Å². The van der Waals surface area contributed by atoms with E-state index in [4.69, 9.17) is 16.3 Å². The Bertz CT molecular complexity index is 683. The number of rotatable bonds is 2. The lowest BCUT2D eigenvalue weighted by molar-refractivity contribution is -0.140. The van der Waals surface area contributed by atoms with E-state index in [1.165, 1.54) is 25.1 Å². The highest BCUT2D eigenvalue weighted by atomic mass is 35.5. The summed E-state index contributed by atoms with van der Waals surface area (Å²) in [6.07, 6.45) is 1.10. The summed E-state index contributed by atoms with van der Waals surface area (Å²) in [5, 5.41) is 3.06. The van der Waals surface area contributed by atoms with Crippen molar-refractivity contribution in [1.29, 1.82) is 0 Å². The summed E-state index contributed by atoms with van der Waals surface area (Å²) >= 11 is 6.06. The molecule has 1 aliphatic rings. The van der Waals surface area contributed by atoms with Crippen molar-refractivity contribution in [2.45, 2.75) is 17.2 Å². The Morgan fingerprint density at radius 3 is 2.80 bits per heavy atom. The van der Waals surface area contributed by atoms with Gasteiger partial charge in [0, 0.05) is 18.7 Å². The van der Waals surface area contributed by atoms with Crippen LogP contribution in [0.2, 0.25) is 0 Å². The third-order valence-corrected chi connectivity index (χ3v) is 4.05. The van der Waals surface area contributed by atoms with Crippen LogP contribution >= 0.6 is 11.6 Å². The van der Waals surface area contributed by atoms with Crippen molar-refractivity contribution in [2.24, 2.45) is 5.16 Å². The van der Waals surface area contributed by atoms with Crippen LogP contribution in [0.5, 0.6) is 5.75 Å². The number of benzene rings is 1. The fourth-order valence-corrected chi connectivity index (χ4v) is 2.56. The average molecular weight is 318 g/mol. The molecule has 20 heavy (non-hydrogen) atoms. The molecule has 0 saturated carbocycles. The van der Waals surface area contributed by atoms with E-state index in [1.807, 2.05) is 0 Å². The third-order valence-electron chi connectivity index (χ3n) is 2.61. The van der Waals surface area contributed by atoms with Gasteiger partial charge in [-0.2, -0.15) is 0 Å². The van der Waals surface area contributed by atoms with Gasteiger partial charge in [-0.1, -0.05) is 5.16 Å². The molecule has 0 saturated heterocycles. The molecule has 2 rings (SSSR count). The van der Waals surface area contributed by atoms with E-state index in [-0.39, 0.29) is 17.2 Å². The molecule has 1 aliphatic heterocycles. The van der Waals surface area contributed by atoms with Crippen LogP contribution in [0, 0.1) is 0 Å². The first-order chi connectivity index (χ1) is 9.29. The van der Waals surface area contributed by atoms with Gasteiger partial charge in [-0.25, -0.2) is 13.2 Å². The van der Waals surface area contributed by atoms with Crippen molar-refractivity contribution < 1.29 is 22.8 Å². The standard InChI is InChI=1S/C12H12ClNO5S/c1-7(15)19-14-12-9-5-8(20(2,16)17)3-4-11(9)18-6-10(12)13/h3-5,10H,6H2,1-2H3/b14-12-. The van der Waals surface area contributed by atoms with Crippen molar-refractivity contribution in [1.82, 2.24) is 0 Å². The highest BCUT2D eigenvalue weighted by Gasteiger charge is 2.27. The van der Waals surface area contributed by atoms with Crippen molar-refractivity contribution >= 4 is 33.1 Å². The van der Waals surface area contributed by atoms with E-state index in [1.54, 1.807) is 0 Å². The molecule has 0 radical (unpaired) electrons. The summed E-state index contributed by atoms with van der Waals surface area (Å²) in [6.45, 7) is 1.37. The summed E-state index contributed by atoms with van der Waals surface area (Å²) in [5.74, 6) is -0.145. The highest BCUT2D eigenvalue weighted by molar-refractivity contribution is 7.90. The van der Waals surface area contributed by atoms with Crippen molar-refractivity contribution in [2.75, 3.05) is 12.9 Å².